The first-order valence-electron chi connectivity index (χ1n) is 6.03. The Bertz CT molecular complexity index is 489. The average molecular weight is 242 g/mol. The number of nitrogens with one attached hydrogen (secondary N) is 1. The number of anilines is 2. The summed E-state index contributed by atoms with van der Waals surface area (Å²) in [6, 6.07) is 15.7. The van der Waals surface area contributed by atoms with Crippen LogP contribution in [-0.4, -0.2) is 6.04 Å². The van der Waals surface area contributed by atoms with Gasteiger partial charge in [-0.15, -0.1) is 0 Å². The smallest absolute Gasteiger partial charge is 0.127 e. The van der Waals surface area contributed by atoms with Gasteiger partial charge in [0.2, 0.25) is 0 Å². The van der Waals surface area contributed by atoms with Crippen molar-refractivity contribution in [1.29, 1.82) is 0 Å². The highest BCUT2D eigenvalue weighted by molar-refractivity contribution is 5.48. The number of hydrogen-bond donors (Lipinski definition) is 2. The zero-order valence-corrected chi connectivity index (χ0v) is 10.7. The van der Waals surface area contributed by atoms with Crippen LogP contribution in [0.25, 0.3) is 0 Å². The second-order valence-corrected chi connectivity index (χ2v) is 4.49. The van der Waals surface area contributed by atoms with Crippen LogP contribution in [0.5, 0.6) is 11.5 Å². The first-order chi connectivity index (χ1) is 8.63. The van der Waals surface area contributed by atoms with E-state index in [0.29, 0.717) is 6.04 Å². The fraction of sp³-hybridized carbons (Fsp3) is 0.200. The molecule has 18 heavy (non-hydrogen) atoms. The molecule has 2 aromatic rings. The molecule has 0 fully saturated rings. The fourth-order valence-corrected chi connectivity index (χ4v) is 1.62. The third-order valence-corrected chi connectivity index (χ3v) is 2.43. The molecule has 3 nitrogen and oxygen atoms in total. The molecule has 94 valence electrons. The Labute approximate surface area is 108 Å². The lowest BCUT2D eigenvalue weighted by Gasteiger charge is -2.11. The van der Waals surface area contributed by atoms with Crippen molar-refractivity contribution in [3.63, 3.8) is 0 Å². The van der Waals surface area contributed by atoms with Crippen LogP contribution in [0.3, 0.4) is 0 Å². The summed E-state index contributed by atoms with van der Waals surface area (Å²) in [5, 5.41) is 3.33. The van der Waals surface area contributed by atoms with E-state index in [2.05, 4.69) is 19.2 Å². The predicted molar refractivity (Wildman–Crippen MR) is 76.1 cm³/mol. The minimum absolute atomic E-state index is 0.425. The Morgan fingerprint density at radius 1 is 0.889 bits per heavy atom. The SMILES string of the molecule is CC(C)Nc1ccc(Oc2ccc(N)cc2)cc1. The van der Waals surface area contributed by atoms with Crippen molar-refractivity contribution >= 4 is 11.4 Å². The van der Waals surface area contributed by atoms with E-state index in [1.165, 1.54) is 0 Å². The summed E-state index contributed by atoms with van der Waals surface area (Å²) < 4.78 is 5.71. The highest BCUT2D eigenvalue weighted by Crippen LogP contribution is 2.23. The average Bonchev–Trinajstić information content (AvgIpc) is 2.34. The van der Waals surface area contributed by atoms with Gasteiger partial charge in [0.1, 0.15) is 11.5 Å². The van der Waals surface area contributed by atoms with Gasteiger partial charge in [-0.1, -0.05) is 0 Å². The van der Waals surface area contributed by atoms with E-state index in [0.717, 1.165) is 22.9 Å². The standard InChI is InChI=1S/C15H18N2O/c1-11(2)17-13-5-9-15(10-6-13)18-14-7-3-12(16)4-8-14/h3-11,17H,16H2,1-2H3. The van der Waals surface area contributed by atoms with E-state index in [9.17, 15) is 0 Å². The number of benzene rings is 2. The second kappa shape index (κ2) is 5.45. The predicted octanol–water partition coefficient (Wildman–Crippen LogP) is 3.88. The molecule has 2 rings (SSSR count). The minimum atomic E-state index is 0.425. The van der Waals surface area contributed by atoms with Crippen molar-refractivity contribution in [2.24, 2.45) is 0 Å². The van der Waals surface area contributed by atoms with Crippen LogP contribution >= 0.6 is 0 Å². The van der Waals surface area contributed by atoms with Crippen LogP contribution in [0.15, 0.2) is 48.5 Å². The minimum Gasteiger partial charge on any atom is -0.457 e. The quantitative estimate of drug-likeness (QED) is 0.800. The largest absolute Gasteiger partial charge is 0.457 e. The van der Waals surface area contributed by atoms with Crippen LogP contribution in [0.2, 0.25) is 0 Å². The van der Waals surface area contributed by atoms with Gasteiger partial charge in [-0.05, 0) is 62.4 Å². The molecule has 0 saturated carbocycles. The van der Waals surface area contributed by atoms with Crippen molar-refractivity contribution < 1.29 is 4.74 Å². The molecule has 0 aromatic heterocycles. The Kier molecular flexibility index (Phi) is 3.72. The molecular formula is C15H18N2O. The van der Waals surface area contributed by atoms with Gasteiger partial charge in [0.25, 0.3) is 0 Å². The van der Waals surface area contributed by atoms with E-state index in [1.54, 1.807) is 0 Å². The first kappa shape index (κ1) is 12.3. The van der Waals surface area contributed by atoms with Crippen LogP contribution in [0, 0.1) is 0 Å². The van der Waals surface area contributed by atoms with Crippen molar-refractivity contribution in [1.82, 2.24) is 0 Å². The number of nitrogens with two attached hydrogens (primary N) is 1. The third kappa shape index (κ3) is 3.42. The molecule has 0 bridgehead atoms. The number of hydrogen-bond acceptors (Lipinski definition) is 3. The van der Waals surface area contributed by atoms with Gasteiger partial charge in [-0.25, -0.2) is 0 Å². The molecule has 0 unspecified atom stereocenters. The molecule has 2 aromatic carbocycles. The van der Waals surface area contributed by atoms with Crippen molar-refractivity contribution in [2.45, 2.75) is 19.9 Å². The molecule has 0 heterocycles. The van der Waals surface area contributed by atoms with Crippen molar-refractivity contribution in [3.8, 4) is 11.5 Å². The molecular weight excluding hydrogens is 224 g/mol. The number of nitrogen functional groups attached to an aromatic ring is 1. The monoisotopic (exact) mass is 242 g/mol. The second-order valence-electron chi connectivity index (χ2n) is 4.49. The Morgan fingerprint density at radius 2 is 1.39 bits per heavy atom. The molecule has 0 spiro atoms. The maximum atomic E-state index is 5.71. The van der Waals surface area contributed by atoms with Gasteiger partial charge >= 0.3 is 0 Å². The maximum Gasteiger partial charge on any atom is 0.127 e. The van der Waals surface area contributed by atoms with Crippen molar-refractivity contribution in [2.75, 3.05) is 11.1 Å². The zero-order chi connectivity index (χ0) is 13.0. The highest BCUT2D eigenvalue weighted by Gasteiger charge is 1.99. The topological polar surface area (TPSA) is 47.3 Å². The lowest BCUT2D eigenvalue weighted by molar-refractivity contribution is 0.483. The van der Waals surface area contributed by atoms with Gasteiger partial charge in [0.15, 0.2) is 0 Å². The lowest BCUT2D eigenvalue weighted by Crippen LogP contribution is -2.09. The molecule has 0 saturated heterocycles. The summed E-state index contributed by atoms with van der Waals surface area (Å²) in [5.41, 5.74) is 7.45. The summed E-state index contributed by atoms with van der Waals surface area (Å²) in [6.45, 7) is 4.22. The Hall–Kier alpha value is -2.16. The maximum absolute atomic E-state index is 5.71. The summed E-state index contributed by atoms with van der Waals surface area (Å²) in [6.07, 6.45) is 0. The van der Waals surface area contributed by atoms with Gasteiger partial charge in [-0.2, -0.15) is 0 Å². The van der Waals surface area contributed by atoms with Crippen LogP contribution in [0.1, 0.15) is 13.8 Å². The Morgan fingerprint density at radius 3 is 1.89 bits per heavy atom. The van der Waals surface area contributed by atoms with Gasteiger partial charge in [0.05, 0.1) is 0 Å². The van der Waals surface area contributed by atoms with E-state index in [1.807, 2.05) is 48.5 Å². The normalized spacial score (nSPS) is 10.4. The van der Waals surface area contributed by atoms with E-state index in [-0.39, 0.29) is 0 Å². The summed E-state index contributed by atoms with van der Waals surface area (Å²) in [4.78, 5) is 0. The molecule has 0 radical (unpaired) electrons. The zero-order valence-electron chi connectivity index (χ0n) is 10.7. The Balaban J connectivity index is 2.04. The number of rotatable bonds is 4. The third-order valence-electron chi connectivity index (χ3n) is 2.43. The molecule has 0 aliphatic heterocycles. The molecule has 0 aliphatic rings. The van der Waals surface area contributed by atoms with Gasteiger partial charge < -0.3 is 15.8 Å². The van der Waals surface area contributed by atoms with Crippen LogP contribution in [-0.2, 0) is 0 Å². The van der Waals surface area contributed by atoms with Crippen LogP contribution in [0.4, 0.5) is 11.4 Å². The fourth-order valence-electron chi connectivity index (χ4n) is 1.62. The summed E-state index contributed by atoms with van der Waals surface area (Å²) in [7, 11) is 0. The van der Waals surface area contributed by atoms with E-state index in [4.69, 9.17) is 10.5 Å². The molecule has 3 heteroatoms. The van der Waals surface area contributed by atoms with Crippen LogP contribution < -0.4 is 15.8 Å². The first-order valence-corrected chi connectivity index (χ1v) is 6.03. The number of ether oxygens (including phenoxy) is 1. The van der Waals surface area contributed by atoms with E-state index < -0.39 is 0 Å². The summed E-state index contributed by atoms with van der Waals surface area (Å²) in [5.74, 6) is 1.60. The molecule has 0 amide bonds. The highest BCUT2D eigenvalue weighted by atomic mass is 16.5. The lowest BCUT2D eigenvalue weighted by atomic mass is 10.2. The van der Waals surface area contributed by atoms with Gasteiger partial charge in [0, 0.05) is 17.4 Å². The molecule has 0 atom stereocenters. The summed E-state index contributed by atoms with van der Waals surface area (Å²) >= 11 is 0. The van der Waals surface area contributed by atoms with E-state index >= 15 is 0 Å². The molecule has 0 aliphatic carbocycles. The molecule has 3 N–H and O–H groups in total. The van der Waals surface area contributed by atoms with Crippen molar-refractivity contribution in [3.05, 3.63) is 48.5 Å². The van der Waals surface area contributed by atoms with Gasteiger partial charge in [-0.3, -0.25) is 0 Å².